The number of benzene rings is 2. The molecule has 0 aliphatic heterocycles. The maximum atomic E-state index is 10.7. The third-order valence-electron chi connectivity index (χ3n) is 2.68. The maximum absolute atomic E-state index is 10.7. The van der Waals surface area contributed by atoms with Crippen molar-refractivity contribution in [2.45, 2.75) is 54.0 Å². The van der Waals surface area contributed by atoms with E-state index in [4.69, 9.17) is 5.73 Å². The molecule has 0 amide bonds. The molecule has 23 heavy (non-hydrogen) atoms. The van der Waals surface area contributed by atoms with E-state index in [2.05, 4.69) is 19.1 Å². The average molecular weight is 316 g/mol. The molecule has 1 unspecified atom stereocenters. The van der Waals surface area contributed by atoms with E-state index in [1.54, 1.807) is 6.92 Å². The summed E-state index contributed by atoms with van der Waals surface area (Å²) in [6.45, 7) is 11.6. The second kappa shape index (κ2) is 16.4. The van der Waals surface area contributed by atoms with E-state index >= 15 is 0 Å². The van der Waals surface area contributed by atoms with Gasteiger partial charge in [-0.1, -0.05) is 93.9 Å². The topological polar surface area (TPSA) is 43.1 Å². The minimum atomic E-state index is -0.149. The molecule has 2 N–H and O–H groups in total. The van der Waals surface area contributed by atoms with Crippen LogP contribution in [0.1, 0.15) is 58.2 Å². The fraction of sp³-hybridized carbons (Fsp3) is 0.381. The van der Waals surface area contributed by atoms with Crippen LogP contribution < -0.4 is 5.73 Å². The Morgan fingerprint density at radius 1 is 0.870 bits per heavy atom. The van der Waals surface area contributed by atoms with Crippen molar-refractivity contribution in [2.24, 2.45) is 5.73 Å². The summed E-state index contributed by atoms with van der Waals surface area (Å²) in [5, 5.41) is 0. The number of carbonyl (C=O) groups excluding carboxylic acids is 1. The molecule has 0 radical (unpaired) electrons. The zero-order chi connectivity index (χ0) is 18.1. The van der Waals surface area contributed by atoms with Crippen LogP contribution in [0, 0.1) is 6.92 Å². The first-order valence-electron chi connectivity index (χ1n) is 8.41. The van der Waals surface area contributed by atoms with Gasteiger partial charge in [-0.05, 0) is 19.4 Å². The molecule has 2 nitrogen and oxygen atoms in total. The number of aryl methyl sites for hydroxylation is 1. The van der Waals surface area contributed by atoms with Gasteiger partial charge in [0.2, 0.25) is 0 Å². The third-order valence-corrected chi connectivity index (χ3v) is 2.68. The van der Waals surface area contributed by atoms with Crippen molar-refractivity contribution in [3.8, 4) is 0 Å². The van der Waals surface area contributed by atoms with E-state index in [0.717, 1.165) is 5.56 Å². The van der Waals surface area contributed by atoms with Crippen molar-refractivity contribution in [3.63, 3.8) is 0 Å². The Morgan fingerprint density at radius 3 is 1.57 bits per heavy atom. The number of carbonyl (C=O) groups is 1. The second-order valence-corrected chi connectivity index (χ2v) is 4.58. The van der Waals surface area contributed by atoms with E-state index in [1.165, 1.54) is 5.56 Å². The minimum Gasteiger partial charge on any atom is -0.324 e. The molecule has 0 aliphatic rings. The van der Waals surface area contributed by atoms with Crippen LogP contribution in [-0.4, -0.2) is 5.78 Å². The van der Waals surface area contributed by atoms with Crippen LogP contribution in [0.2, 0.25) is 0 Å². The lowest BCUT2D eigenvalue weighted by atomic mass is 10.0. The van der Waals surface area contributed by atoms with Gasteiger partial charge in [0.15, 0.2) is 0 Å². The predicted octanol–water partition coefficient (Wildman–Crippen LogP) is 5.71. The van der Waals surface area contributed by atoms with Crippen LogP contribution in [-0.2, 0) is 4.79 Å². The molecule has 0 spiro atoms. The smallest absolute Gasteiger partial charge is 0.131 e. The highest BCUT2D eigenvalue weighted by Crippen LogP contribution is 2.12. The first-order chi connectivity index (χ1) is 11.1. The van der Waals surface area contributed by atoms with Gasteiger partial charge in [0, 0.05) is 12.5 Å². The molecule has 0 aliphatic carbocycles. The van der Waals surface area contributed by atoms with Gasteiger partial charge in [0.1, 0.15) is 5.78 Å². The fourth-order valence-electron chi connectivity index (χ4n) is 1.66. The Balaban J connectivity index is 0. The lowest BCUT2D eigenvalue weighted by Crippen LogP contribution is -2.13. The molecule has 128 valence electrons. The van der Waals surface area contributed by atoms with Gasteiger partial charge in [0.05, 0.1) is 0 Å². The van der Waals surface area contributed by atoms with E-state index in [-0.39, 0.29) is 11.8 Å². The highest BCUT2D eigenvalue weighted by Gasteiger charge is 2.06. The van der Waals surface area contributed by atoms with Crippen LogP contribution in [0.5, 0.6) is 0 Å². The zero-order valence-electron chi connectivity index (χ0n) is 15.5. The van der Waals surface area contributed by atoms with Crippen LogP contribution in [0.3, 0.4) is 0 Å². The number of hydrogen-bond donors (Lipinski definition) is 1. The summed E-state index contributed by atoms with van der Waals surface area (Å²) >= 11 is 0. The highest BCUT2D eigenvalue weighted by atomic mass is 16.1. The molecule has 1 atom stereocenters. The number of nitrogens with two attached hydrogens (primary N) is 1. The summed E-state index contributed by atoms with van der Waals surface area (Å²) in [6.07, 6.45) is 0.421. The number of hydrogen-bond acceptors (Lipinski definition) is 2. The molecule has 2 heteroatoms. The van der Waals surface area contributed by atoms with E-state index in [9.17, 15) is 4.79 Å². The summed E-state index contributed by atoms with van der Waals surface area (Å²) in [5.74, 6) is 0.131. The van der Waals surface area contributed by atoms with Gasteiger partial charge < -0.3 is 5.73 Å². The summed E-state index contributed by atoms with van der Waals surface area (Å²) < 4.78 is 0. The van der Waals surface area contributed by atoms with Crippen molar-refractivity contribution in [3.05, 3.63) is 71.8 Å². The Kier molecular flexibility index (Phi) is 16.7. The van der Waals surface area contributed by atoms with Gasteiger partial charge in [-0.3, -0.25) is 4.79 Å². The highest BCUT2D eigenvalue weighted by molar-refractivity contribution is 5.76. The van der Waals surface area contributed by atoms with Crippen LogP contribution >= 0.6 is 0 Å². The monoisotopic (exact) mass is 315 g/mol. The molecule has 0 bridgehead atoms. The second-order valence-electron chi connectivity index (χ2n) is 4.58. The Labute approximate surface area is 142 Å². The Bertz CT molecular complexity index is 480. The van der Waals surface area contributed by atoms with Crippen molar-refractivity contribution in [1.29, 1.82) is 0 Å². The van der Waals surface area contributed by atoms with Gasteiger partial charge in [-0.2, -0.15) is 0 Å². The summed E-state index contributed by atoms with van der Waals surface area (Å²) in [6, 6.07) is 19.8. The van der Waals surface area contributed by atoms with Gasteiger partial charge >= 0.3 is 0 Å². The fourth-order valence-corrected chi connectivity index (χ4v) is 1.66. The molecule has 2 rings (SSSR count). The van der Waals surface area contributed by atoms with Crippen LogP contribution in [0.4, 0.5) is 0 Å². The van der Waals surface area contributed by atoms with Gasteiger partial charge in [0.25, 0.3) is 0 Å². The predicted molar refractivity (Wildman–Crippen MR) is 103 cm³/mol. The number of rotatable bonds is 3. The molecule has 0 fully saturated rings. The van der Waals surface area contributed by atoms with Crippen LogP contribution in [0.15, 0.2) is 60.7 Å². The maximum Gasteiger partial charge on any atom is 0.131 e. The zero-order valence-corrected chi connectivity index (χ0v) is 15.5. The molecule has 0 heterocycles. The summed E-state index contributed by atoms with van der Waals surface area (Å²) in [4.78, 5) is 10.7. The average Bonchev–Trinajstić information content (AvgIpc) is 2.60. The van der Waals surface area contributed by atoms with Gasteiger partial charge in [-0.15, -0.1) is 0 Å². The molecule has 2 aromatic carbocycles. The molecule has 0 aromatic heterocycles. The largest absolute Gasteiger partial charge is 0.324 e. The first-order valence-corrected chi connectivity index (χ1v) is 8.41. The van der Waals surface area contributed by atoms with Crippen molar-refractivity contribution < 1.29 is 4.79 Å². The van der Waals surface area contributed by atoms with Crippen LogP contribution in [0.25, 0.3) is 0 Å². The molecule has 0 saturated carbocycles. The standard InChI is InChI=1S/C10H13NO.C7H8.2C2H6/c1-8(12)7-10(11)9-5-3-2-4-6-9;1-7-5-3-2-4-6-7;2*1-2/h2-6,10H,7,11H2,1H3;2-6H,1H3;2*1-2H3. The van der Waals surface area contributed by atoms with Gasteiger partial charge in [-0.25, -0.2) is 0 Å². The lowest BCUT2D eigenvalue weighted by Gasteiger charge is -2.08. The number of ketones is 1. The van der Waals surface area contributed by atoms with Crippen molar-refractivity contribution >= 4 is 5.78 Å². The summed E-state index contributed by atoms with van der Waals surface area (Å²) in [5.41, 5.74) is 8.12. The molecule has 2 aromatic rings. The number of Topliss-reactive ketones (excluding diaryl/α,β-unsaturated/α-hetero) is 1. The Morgan fingerprint density at radius 2 is 1.26 bits per heavy atom. The van der Waals surface area contributed by atoms with Crippen molar-refractivity contribution in [2.75, 3.05) is 0 Å². The summed E-state index contributed by atoms with van der Waals surface area (Å²) in [7, 11) is 0. The normalized spacial score (nSPS) is 9.70. The first kappa shape index (κ1) is 23.3. The lowest BCUT2D eigenvalue weighted by molar-refractivity contribution is -0.117. The van der Waals surface area contributed by atoms with Crippen molar-refractivity contribution in [1.82, 2.24) is 0 Å². The third kappa shape index (κ3) is 13.5. The SMILES string of the molecule is CC.CC.CC(=O)CC(N)c1ccccc1.Cc1ccccc1. The quantitative estimate of drug-likeness (QED) is 0.788. The van der Waals surface area contributed by atoms with E-state index in [1.807, 2.05) is 76.2 Å². The van der Waals surface area contributed by atoms with E-state index in [0.29, 0.717) is 6.42 Å². The Hall–Kier alpha value is -1.93. The van der Waals surface area contributed by atoms with E-state index < -0.39 is 0 Å². The minimum absolute atomic E-state index is 0.131. The molecular formula is C21H33NO. The molecular weight excluding hydrogens is 282 g/mol. The molecule has 0 saturated heterocycles.